The van der Waals surface area contributed by atoms with Crippen molar-refractivity contribution in [3.05, 3.63) is 35.2 Å². The molecule has 0 spiro atoms. The molecule has 0 saturated carbocycles. The average Bonchev–Trinajstić information content (AvgIpc) is 2.54. The minimum Gasteiger partial charge on any atom is -0.259 e. The Bertz CT molecular complexity index is 421. The van der Waals surface area contributed by atoms with Crippen molar-refractivity contribution in [1.82, 2.24) is 0 Å². The van der Waals surface area contributed by atoms with Crippen molar-refractivity contribution in [2.75, 3.05) is 0 Å². The van der Waals surface area contributed by atoms with E-state index in [4.69, 9.17) is 0 Å². The normalized spacial score (nSPS) is 33.8. The van der Waals surface area contributed by atoms with Gasteiger partial charge in [-0.3, -0.25) is 9.98 Å². The largest absolute Gasteiger partial charge is 0.259 e. The van der Waals surface area contributed by atoms with E-state index in [0.717, 1.165) is 17.8 Å². The van der Waals surface area contributed by atoms with Gasteiger partial charge in [-0.05, 0) is 25.0 Å². The monoisotopic (exact) mass is 170 g/mol. The predicted octanol–water partition coefficient (Wildman–Crippen LogP) is 2.26. The van der Waals surface area contributed by atoms with Gasteiger partial charge in [0.1, 0.15) is 0 Å². The lowest BCUT2D eigenvalue weighted by atomic mass is 9.83. The zero-order valence-corrected chi connectivity index (χ0v) is 7.49. The third-order valence-electron chi connectivity index (χ3n) is 3.12. The number of allylic oxidation sites excluding steroid dienone is 3. The molecule has 0 radical (unpaired) electrons. The molecule has 0 fully saturated rings. The number of rotatable bonds is 0. The molecule has 3 aliphatic rings. The van der Waals surface area contributed by atoms with Crippen LogP contribution in [0.3, 0.4) is 0 Å². The highest BCUT2D eigenvalue weighted by Gasteiger charge is 2.43. The summed E-state index contributed by atoms with van der Waals surface area (Å²) in [6.07, 6.45) is 11.1. The Kier molecular flexibility index (Phi) is 1.12. The molecule has 0 aromatic heterocycles. The molecule has 1 unspecified atom stereocenters. The van der Waals surface area contributed by atoms with Crippen LogP contribution in [0.1, 0.15) is 13.3 Å². The minimum atomic E-state index is -0.0104. The molecule has 1 heterocycles. The summed E-state index contributed by atoms with van der Waals surface area (Å²) in [5.74, 6) is 0. The molecule has 0 aromatic rings. The summed E-state index contributed by atoms with van der Waals surface area (Å²) in [7, 11) is 0. The van der Waals surface area contributed by atoms with E-state index in [1.165, 1.54) is 5.57 Å². The fraction of sp³-hybridized carbons (Fsp3) is 0.273. The molecule has 1 aliphatic heterocycles. The standard InChI is InChI=1S/C11H10N2/c1-11-8-2-4-9(11)12-6-7-13-10(11)5-3-8/h2,4-7H,3H2,1H3. The summed E-state index contributed by atoms with van der Waals surface area (Å²) in [6.45, 7) is 2.20. The van der Waals surface area contributed by atoms with E-state index < -0.39 is 0 Å². The van der Waals surface area contributed by atoms with E-state index in [1.807, 2.05) is 0 Å². The minimum absolute atomic E-state index is 0.0104. The van der Waals surface area contributed by atoms with Gasteiger partial charge in [-0.25, -0.2) is 0 Å². The van der Waals surface area contributed by atoms with E-state index in [-0.39, 0.29) is 5.41 Å². The van der Waals surface area contributed by atoms with Crippen LogP contribution in [-0.2, 0) is 0 Å². The van der Waals surface area contributed by atoms with Gasteiger partial charge in [0.25, 0.3) is 0 Å². The third-order valence-corrected chi connectivity index (χ3v) is 3.12. The van der Waals surface area contributed by atoms with Crippen LogP contribution < -0.4 is 0 Å². The topological polar surface area (TPSA) is 24.7 Å². The molecule has 0 amide bonds. The predicted molar refractivity (Wildman–Crippen MR) is 54.0 cm³/mol. The summed E-state index contributed by atoms with van der Waals surface area (Å²) < 4.78 is 0. The highest BCUT2D eigenvalue weighted by atomic mass is 14.9. The van der Waals surface area contributed by atoms with E-state index in [2.05, 4.69) is 35.1 Å². The first kappa shape index (κ1) is 7.01. The molecular formula is C11H10N2. The van der Waals surface area contributed by atoms with Gasteiger partial charge in [-0.2, -0.15) is 0 Å². The molecule has 2 nitrogen and oxygen atoms in total. The number of aliphatic imine (C=N–C) groups is 2. The van der Waals surface area contributed by atoms with Gasteiger partial charge < -0.3 is 0 Å². The lowest BCUT2D eigenvalue weighted by molar-refractivity contribution is 0.592. The maximum Gasteiger partial charge on any atom is 0.0731 e. The molecule has 1 atom stereocenters. The molecule has 13 heavy (non-hydrogen) atoms. The second-order valence-corrected chi connectivity index (χ2v) is 3.72. The molecule has 2 aliphatic carbocycles. The Morgan fingerprint density at radius 3 is 2.77 bits per heavy atom. The zero-order valence-electron chi connectivity index (χ0n) is 7.49. The zero-order chi connectivity index (χ0) is 8.89. The highest BCUT2D eigenvalue weighted by Crippen LogP contribution is 2.52. The second kappa shape index (κ2) is 2.08. The van der Waals surface area contributed by atoms with Crippen LogP contribution in [0.15, 0.2) is 45.2 Å². The second-order valence-electron chi connectivity index (χ2n) is 3.72. The Labute approximate surface area is 77.1 Å². The van der Waals surface area contributed by atoms with Gasteiger partial charge >= 0.3 is 0 Å². The van der Waals surface area contributed by atoms with Crippen molar-refractivity contribution in [2.24, 2.45) is 15.4 Å². The van der Waals surface area contributed by atoms with E-state index in [1.54, 1.807) is 12.4 Å². The van der Waals surface area contributed by atoms with Gasteiger partial charge in [-0.1, -0.05) is 12.2 Å². The fourth-order valence-electron chi connectivity index (χ4n) is 2.24. The first-order valence-electron chi connectivity index (χ1n) is 4.51. The van der Waals surface area contributed by atoms with Crippen LogP contribution in [-0.4, -0.2) is 12.4 Å². The molecule has 3 rings (SSSR count). The van der Waals surface area contributed by atoms with Crippen molar-refractivity contribution in [3.63, 3.8) is 0 Å². The average molecular weight is 170 g/mol. The molecule has 0 bridgehead atoms. The van der Waals surface area contributed by atoms with E-state index >= 15 is 0 Å². The maximum atomic E-state index is 4.40. The van der Waals surface area contributed by atoms with Crippen LogP contribution in [0.2, 0.25) is 0 Å². The molecule has 2 heteroatoms. The lowest BCUT2D eigenvalue weighted by Crippen LogP contribution is -2.15. The number of hydrogen-bond acceptors (Lipinski definition) is 2. The van der Waals surface area contributed by atoms with Crippen LogP contribution in [0, 0.1) is 5.41 Å². The van der Waals surface area contributed by atoms with Crippen molar-refractivity contribution in [2.45, 2.75) is 13.3 Å². The van der Waals surface area contributed by atoms with Crippen molar-refractivity contribution in [3.8, 4) is 0 Å². The summed E-state index contributed by atoms with van der Waals surface area (Å²) in [5, 5.41) is 0. The van der Waals surface area contributed by atoms with Crippen molar-refractivity contribution < 1.29 is 0 Å². The molecule has 0 aromatic carbocycles. The number of nitrogens with zero attached hydrogens (tertiary/aromatic N) is 2. The summed E-state index contributed by atoms with van der Waals surface area (Å²) in [5.41, 5.74) is 3.70. The Morgan fingerprint density at radius 2 is 1.92 bits per heavy atom. The fourth-order valence-corrected chi connectivity index (χ4v) is 2.24. The van der Waals surface area contributed by atoms with Gasteiger partial charge in [0.15, 0.2) is 0 Å². The molecule has 64 valence electrons. The third kappa shape index (κ3) is 0.687. The highest BCUT2D eigenvalue weighted by molar-refractivity contribution is 6.17. The summed E-state index contributed by atoms with van der Waals surface area (Å²) in [4.78, 5) is 8.79. The quantitative estimate of drug-likeness (QED) is 0.532. The molecule has 0 N–H and O–H groups in total. The number of hydrogen-bond donors (Lipinski definition) is 0. The smallest absolute Gasteiger partial charge is 0.0731 e. The Morgan fingerprint density at radius 1 is 1.15 bits per heavy atom. The van der Waals surface area contributed by atoms with Gasteiger partial charge in [0.05, 0.1) is 16.8 Å². The summed E-state index contributed by atoms with van der Waals surface area (Å²) >= 11 is 0. The van der Waals surface area contributed by atoms with Crippen LogP contribution in [0.25, 0.3) is 0 Å². The van der Waals surface area contributed by atoms with E-state index in [0.29, 0.717) is 0 Å². The molecule has 0 saturated heterocycles. The van der Waals surface area contributed by atoms with Crippen molar-refractivity contribution in [1.29, 1.82) is 0 Å². The van der Waals surface area contributed by atoms with Crippen LogP contribution in [0.5, 0.6) is 0 Å². The van der Waals surface area contributed by atoms with Crippen LogP contribution in [0.4, 0.5) is 0 Å². The van der Waals surface area contributed by atoms with Gasteiger partial charge in [0.2, 0.25) is 0 Å². The van der Waals surface area contributed by atoms with Crippen molar-refractivity contribution >= 4 is 12.4 Å². The van der Waals surface area contributed by atoms with Gasteiger partial charge in [-0.15, -0.1) is 0 Å². The Hall–Kier alpha value is -1.44. The first-order valence-corrected chi connectivity index (χ1v) is 4.51. The van der Waals surface area contributed by atoms with Crippen LogP contribution >= 0.6 is 0 Å². The first-order chi connectivity index (χ1) is 6.32. The maximum absolute atomic E-state index is 4.40. The van der Waals surface area contributed by atoms with Gasteiger partial charge in [0, 0.05) is 12.4 Å². The molecular weight excluding hydrogens is 160 g/mol. The summed E-state index contributed by atoms with van der Waals surface area (Å²) in [6, 6.07) is 0. The van der Waals surface area contributed by atoms with E-state index in [9.17, 15) is 0 Å². The lowest BCUT2D eigenvalue weighted by Gasteiger charge is -2.23. The SMILES string of the molecule is CC12C3=CC=C1N=CC=NC2=CC3. The Balaban J connectivity index is 2.27.